The molecule has 0 saturated carbocycles. The van der Waals surface area contributed by atoms with Crippen LogP contribution in [0.3, 0.4) is 0 Å². The number of nitrogens with zero attached hydrogens (tertiary/aromatic N) is 5. The SMILES string of the molecule is C=CN=C(/C=C(\C)C(=O)NC(C)c1ncc(C(=O)Nc2cc(C(F)(F)F)c(Cl)cn2)s1)N1CCN(CC)CC1. The van der Waals surface area contributed by atoms with Gasteiger partial charge in [0.05, 0.1) is 22.8 Å². The van der Waals surface area contributed by atoms with E-state index in [4.69, 9.17) is 11.6 Å². The Labute approximate surface area is 233 Å². The summed E-state index contributed by atoms with van der Waals surface area (Å²) in [5, 5.41) is 5.03. The molecule has 0 aromatic carbocycles. The Hall–Kier alpha value is -3.29. The van der Waals surface area contributed by atoms with Crippen molar-refractivity contribution < 1.29 is 22.8 Å². The Morgan fingerprint density at radius 3 is 2.56 bits per heavy atom. The summed E-state index contributed by atoms with van der Waals surface area (Å²) >= 11 is 6.57. The molecule has 0 aliphatic carbocycles. The molecule has 2 aromatic heterocycles. The Bertz CT molecular complexity index is 1270. The molecule has 2 amide bonds. The van der Waals surface area contributed by atoms with Gasteiger partial charge in [-0.1, -0.05) is 25.1 Å². The van der Waals surface area contributed by atoms with E-state index < -0.39 is 28.7 Å². The first-order chi connectivity index (χ1) is 18.4. The van der Waals surface area contributed by atoms with E-state index >= 15 is 0 Å². The van der Waals surface area contributed by atoms with Gasteiger partial charge in [0.1, 0.15) is 21.5 Å². The number of anilines is 1. The van der Waals surface area contributed by atoms with Crippen LogP contribution >= 0.6 is 22.9 Å². The van der Waals surface area contributed by atoms with E-state index in [0.29, 0.717) is 22.5 Å². The van der Waals surface area contributed by atoms with E-state index in [9.17, 15) is 22.8 Å². The first kappa shape index (κ1) is 30.3. The van der Waals surface area contributed by atoms with E-state index in [-0.39, 0.29) is 16.6 Å². The molecule has 1 atom stereocenters. The molecule has 1 aliphatic heterocycles. The number of carbonyl (C=O) groups is 2. The van der Waals surface area contributed by atoms with Gasteiger partial charge in [0, 0.05) is 44.1 Å². The van der Waals surface area contributed by atoms with Gasteiger partial charge in [-0.15, -0.1) is 11.3 Å². The quantitative estimate of drug-likeness (QED) is 0.264. The predicted molar refractivity (Wildman–Crippen MR) is 146 cm³/mol. The number of aromatic nitrogens is 2. The molecule has 3 rings (SSSR count). The summed E-state index contributed by atoms with van der Waals surface area (Å²) in [4.78, 5) is 42.3. The minimum Gasteiger partial charge on any atom is -0.354 e. The van der Waals surface area contributed by atoms with Crippen molar-refractivity contribution in [1.29, 1.82) is 0 Å². The van der Waals surface area contributed by atoms with Crippen molar-refractivity contribution in [2.24, 2.45) is 4.99 Å². The Kier molecular flexibility index (Phi) is 10.2. The fourth-order valence-electron chi connectivity index (χ4n) is 3.72. The molecule has 2 N–H and O–H groups in total. The molecule has 14 heteroatoms. The number of halogens is 4. The number of pyridine rings is 1. The number of nitrogens with one attached hydrogen (secondary N) is 2. The Morgan fingerprint density at radius 2 is 1.95 bits per heavy atom. The highest BCUT2D eigenvalue weighted by atomic mass is 35.5. The van der Waals surface area contributed by atoms with Gasteiger partial charge in [0.15, 0.2) is 0 Å². The average Bonchev–Trinajstić information content (AvgIpc) is 3.40. The summed E-state index contributed by atoms with van der Waals surface area (Å²) < 4.78 is 39.3. The molecule has 1 unspecified atom stereocenters. The molecule has 0 spiro atoms. The van der Waals surface area contributed by atoms with Crippen LogP contribution < -0.4 is 10.6 Å². The van der Waals surface area contributed by atoms with Crippen LogP contribution in [0.1, 0.15) is 47.1 Å². The van der Waals surface area contributed by atoms with Gasteiger partial charge in [0.25, 0.3) is 5.91 Å². The zero-order chi connectivity index (χ0) is 28.7. The van der Waals surface area contributed by atoms with Crippen LogP contribution in [-0.4, -0.2) is 70.1 Å². The highest BCUT2D eigenvalue weighted by molar-refractivity contribution is 7.13. The van der Waals surface area contributed by atoms with Crippen molar-refractivity contribution in [1.82, 2.24) is 25.1 Å². The van der Waals surface area contributed by atoms with Crippen LogP contribution in [0.2, 0.25) is 5.02 Å². The molecule has 3 heterocycles. The maximum atomic E-state index is 13.1. The zero-order valence-corrected chi connectivity index (χ0v) is 23.3. The van der Waals surface area contributed by atoms with E-state index in [1.54, 1.807) is 19.9 Å². The van der Waals surface area contributed by atoms with Gasteiger partial charge >= 0.3 is 6.18 Å². The summed E-state index contributed by atoms with van der Waals surface area (Å²) in [6.07, 6.45) is 0.561. The van der Waals surface area contributed by atoms with Crippen LogP contribution in [-0.2, 0) is 11.0 Å². The van der Waals surface area contributed by atoms with Crippen molar-refractivity contribution in [3.05, 3.63) is 63.4 Å². The summed E-state index contributed by atoms with van der Waals surface area (Å²) in [6, 6.07) is 0.124. The number of piperazine rings is 1. The lowest BCUT2D eigenvalue weighted by Crippen LogP contribution is -2.48. The highest BCUT2D eigenvalue weighted by Crippen LogP contribution is 2.35. The Morgan fingerprint density at radius 1 is 1.26 bits per heavy atom. The lowest BCUT2D eigenvalue weighted by Gasteiger charge is -2.35. The number of thiazole rings is 1. The fourth-order valence-corrected chi connectivity index (χ4v) is 4.75. The summed E-state index contributed by atoms with van der Waals surface area (Å²) in [5.41, 5.74) is -0.673. The number of hydrogen-bond acceptors (Lipinski definition) is 7. The molecule has 1 fully saturated rings. The molecule has 0 bridgehead atoms. The first-order valence-electron chi connectivity index (χ1n) is 12.1. The number of alkyl halides is 3. The van der Waals surface area contributed by atoms with Crippen molar-refractivity contribution in [2.45, 2.75) is 33.0 Å². The third-order valence-corrected chi connectivity index (χ3v) is 7.42. The average molecular weight is 584 g/mol. The van der Waals surface area contributed by atoms with Gasteiger partial charge in [-0.2, -0.15) is 13.2 Å². The van der Waals surface area contributed by atoms with Crippen molar-refractivity contribution in [3.63, 3.8) is 0 Å². The molecule has 210 valence electrons. The topological polar surface area (TPSA) is 103 Å². The molecule has 9 nitrogen and oxygen atoms in total. The summed E-state index contributed by atoms with van der Waals surface area (Å²) in [7, 11) is 0. The van der Waals surface area contributed by atoms with Crippen molar-refractivity contribution in [2.75, 3.05) is 38.0 Å². The largest absolute Gasteiger partial charge is 0.418 e. The number of amidine groups is 1. The highest BCUT2D eigenvalue weighted by Gasteiger charge is 2.34. The minimum atomic E-state index is -4.69. The maximum absolute atomic E-state index is 13.1. The number of carbonyl (C=O) groups excluding carboxylic acids is 2. The minimum absolute atomic E-state index is 0.135. The van der Waals surface area contributed by atoms with Gasteiger partial charge in [-0.3, -0.25) is 9.59 Å². The Balaban J connectivity index is 1.64. The zero-order valence-electron chi connectivity index (χ0n) is 21.7. The molecular weight excluding hydrogens is 555 g/mol. The molecule has 2 aromatic rings. The molecular formula is C25H29ClF3N7O2S. The smallest absolute Gasteiger partial charge is 0.354 e. The third-order valence-electron chi connectivity index (χ3n) is 5.94. The molecule has 1 aliphatic rings. The van der Waals surface area contributed by atoms with Gasteiger partial charge < -0.3 is 20.4 Å². The number of amides is 2. The van der Waals surface area contributed by atoms with Crippen LogP contribution in [0.5, 0.6) is 0 Å². The van der Waals surface area contributed by atoms with E-state index in [1.165, 1.54) is 12.4 Å². The number of hydrogen-bond donors (Lipinski definition) is 2. The van der Waals surface area contributed by atoms with E-state index in [1.807, 2.05) is 0 Å². The molecule has 0 radical (unpaired) electrons. The summed E-state index contributed by atoms with van der Waals surface area (Å²) in [5.74, 6) is -0.678. The van der Waals surface area contributed by atoms with Crippen LogP contribution in [0.25, 0.3) is 0 Å². The van der Waals surface area contributed by atoms with Crippen molar-refractivity contribution >= 4 is 46.4 Å². The van der Waals surface area contributed by atoms with Crippen LogP contribution in [0.15, 0.2) is 47.9 Å². The predicted octanol–water partition coefficient (Wildman–Crippen LogP) is 4.77. The monoisotopic (exact) mass is 583 g/mol. The van der Waals surface area contributed by atoms with E-state index in [2.05, 4.69) is 48.9 Å². The second-order valence-corrected chi connectivity index (χ2v) is 10.1. The normalized spacial score (nSPS) is 16.1. The maximum Gasteiger partial charge on any atom is 0.418 e. The number of aliphatic imine (C=N–C) groups is 1. The van der Waals surface area contributed by atoms with Gasteiger partial charge in [0.2, 0.25) is 5.91 Å². The standard InChI is InChI=1S/C25H29ClF3N7O2S/c1-5-30-21(36-9-7-35(6-2)8-10-36)11-15(3)22(37)33-16(4)24-32-14-19(39-24)23(38)34-20-12-17(25(27,28)29)18(26)13-31-20/h5,11-14,16H,1,6-10H2,2-4H3,(H,33,37)(H,31,34,38)/b15-11+,30-21?. The second-order valence-electron chi connectivity index (χ2n) is 8.68. The van der Waals surface area contributed by atoms with Gasteiger partial charge in [-0.05, 0) is 32.5 Å². The fraction of sp³-hybridized carbons (Fsp3) is 0.400. The number of rotatable bonds is 8. The first-order valence-corrected chi connectivity index (χ1v) is 13.3. The third kappa shape index (κ3) is 8.10. The lowest BCUT2D eigenvalue weighted by molar-refractivity contribution is -0.137. The second kappa shape index (κ2) is 13.2. The van der Waals surface area contributed by atoms with E-state index in [0.717, 1.165) is 50.3 Å². The molecule has 1 saturated heterocycles. The van der Waals surface area contributed by atoms with Crippen molar-refractivity contribution in [3.8, 4) is 0 Å². The van der Waals surface area contributed by atoms with Crippen LogP contribution in [0, 0.1) is 0 Å². The lowest BCUT2D eigenvalue weighted by atomic mass is 10.2. The van der Waals surface area contributed by atoms with Crippen LogP contribution in [0.4, 0.5) is 19.0 Å². The number of likely N-dealkylation sites (N-methyl/N-ethyl adjacent to an activating group) is 1. The summed E-state index contributed by atoms with van der Waals surface area (Å²) in [6.45, 7) is 13.5. The van der Waals surface area contributed by atoms with Gasteiger partial charge in [-0.25, -0.2) is 15.0 Å². The molecule has 39 heavy (non-hydrogen) atoms.